The van der Waals surface area contributed by atoms with Gasteiger partial charge < -0.3 is 19.5 Å². The van der Waals surface area contributed by atoms with Gasteiger partial charge in [-0.1, -0.05) is 12.8 Å². The standard InChI is InChI=1S/C12H17NO5/c14-11(10-8-17-6-7-18-10)13-5-3-1-2-4-9(13)12(15)16/h8-9H,1-7H2,(H,15,16). The molecule has 0 radical (unpaired) electrons. The number of hydrogen-bond acceptors (Lipinski definition) is 4. The molecule has 0 saturated carbocycles. The van der Waals surface area contributed by atoms with Crippen molar-refractivity contribution in [2.45, 2.75) is 31.7 Å². The zero-order chi connectivity index (χ0) is 13.0. The van der Waals surface area contributed by atoms with Gasteiger partial charge in [-0.25, -0.2) is 4.79 Å². The molecule has 6 heteroatoms. The van der Waals surface area contributed by atoms with Crippen LogP contribution < -0.4 is 0 Å². The summed E-state index contributed by atoms with van der Waals surface area (Å²) in [5, 5.41) is 9.20. The molecule has 1 N–H and O–H groups in total. The Labute approximate surface area is 105 Å². The van der Waals surface area contributed by atoms with Crippen LogP contribution in [-0.4, -0.2) is 47.7 Å². The molecule has 6 nitrogen and oxygen atoms in total. The first-order valence-electron chi connectivity index (χ1n) is 6.18. The van der Waals surface area contributed by atoms with Gasteiger partial charge in [0.15, 0.2) is 0 Å². The number of nitrogens with zero attached hydrogens (tertiary/aromatic N) is 1. The lowest BCUT2D eigenvalue weighted by Crippen LogP contribution is -2.45. The lowest BCUT2D eigenvalue weighted by molar-refractivity contribution is -0.150. The highest BCUT2D eigenvalue weighted by Gasteiger charge is 2.33. The second-order valence-electron chi connectivity index (χ2n) is 4.40. The molecule has 100 valence electrons. The maximum absolute atomic E-state index is 12.2. The Morgan fingerprint density at radius 2 is 2.11 bits per heavy atom. The SMILES string of the molecule is O=C(O)C1CCCCCN1C(=O)C1=COCCO1. The molecule has 2 heterocycles. The van der Waals surface area contributed by atoms with E-state index in [1.807, 2.05) is 0 Å². The fourth-order valence-corrected chi connectivity index (χ4v) is 2.23. The van der Waals surface area contributed by atoms with Crippen LogP contribution in [0.5, 0.6) is 0 Å². The van der Waals surface area contributed by atoms with Crippen LogP contribution in [-0.2, 0) is 19.1 Å². The zero-order valence-corrected chi connectivity index (χ0v) is 10.1. The molecular weight excluding hydrogens is 238 g/mol. The number of ether oxygens (including phenoxy) is 2. The van der Waals surface area contributed by atoms with E-state index in [2.05, 4.69) is 0 Å². The zero-order valence-electron chi connectivity index (χ0n) is 10.1. The maximum Gasteiger partial charge on any atom is 0.326 e. The van der Waals surface area contributed by atoms with Crippen LogP contribution in [0.3, 0.4) is 0 Å². The molecule has 2 aliphatic heterocycles. The van der Waals surface area contributed by atoms with Crippen LogP contribution in [0, 0.1) is 0 Å². The number of carbonyl (C=O) groups is 2. The molecular formula is C12H17NO5. The quantitative estimate of drug-likeness (QED) is 0.787. The third-order valence-electron chi connectivity index (χ3n) is 3.16. The Hall–Kier alpha value is -1.72. The molecule has 0 aromatic heterocycles. The van der Waals surface area contributed by atoms with Crippen molar-refractivity contribution < 1.29 is 24.2 Å². The summed E-state index contributed by atoms with van der Waals surface area (Å²) in [6.07, 6.45) is 4.37. The van der Waals surface area contributed by atoms with Crippen LogP contribution in [0.15, 0.2) is 12.0 Å². The van der Waals surface area contributed by atoms with Gasteiger partial charge in [0.25, 0.3) is 5.91 Å². The van der Waals surface area contributed by atoms with E-state index in [1.54, 1.807) is 0 Å². The summed E-state index contributed by atoms with van der Waals surface area (Å²) < 4.78 is 10.3. The topological polar surface area (TPSA) is 76.1 Å². The summed E-state index contributed by atoms with van der Waals surface area (Å²) in [5.74, 6) is -1.24. The second-order valence-corrected chi connectivity index (χ2v) is 4.40. The van der Waals surface area contributed by atoms with Crippen molar-refractivity contribution in [3.05, 3.63) is 12.0 Å². The Morgan fingerprint density at radius 1 is 1.28 bits per heavy atom. The summed E-state index contributed by atoms with van der Waals surface area (Å²) in [5.41, 5.74) is 0. The molecule has 18 heavy (non-hydrogen) atoms. The molecule has 1 saturated heterocycles. The van der Waals surface area contributed by atoms with Crippen LogP contribution in [0.2, 0.25) is 0 Å². The highest BCUT2D eigenvalue weighted by molar-refractivity contribution is 5.94. The minimum Gasteiger partial charge on any atom is -0.494 e. The molecule has 1 atom stereocenters. The van der Waals surface area contributed by atoms with E-state index in [-0.39, 0.29) is 11.7 Å². The van der Waals surface area contributed by atoms with Crippen molar-refractivity contribution in [2.75, 3.05) is 19.8 Å². The minimum atomic E-state index is -0.956. The fourth-order valence-electron chi connectivity index (χ4n) is 2.23. The highest BCUT2D eigenvalue weighted by Crippen LogP contribution is 2.20. The number of rotatable bonds is 2. The normalized spacial score (nSPS) is 24.3. The van der Waals surface area contributed by atoms with Gasteiger partial charge in [0.2, 0.25) is 5.76 Å². The van der Waals surface area contributed by atoms with Gasteiger partial charge in [-0.15, -0.1) is 0 Å². The third-order valence-corrected chi connectivity index (χ3v) is 3.16. The molecule has 1 unspecified atom stereocenters. The Kier molecular flexibility index (Phi) is 4.07. The molecule has 0 spiro atoms. The van der Waals surface area contributed by atoms with Gasteiger partial charge in [0, 0.05) is 6.54 Å². The maximum atomic E-state index is 12.2. The molecule has 2 aliphatic rings. The van der Waals surface area contributed by atoms with Gasteiger partial charge in [-0.2, -0.15) is 0 Å². The molecule has 1 amide bonds. The monoisotopic (exact) mass is 255 g/mol. The number of carboxylic acids is 1. The summed E-state index contributed by atoms with van der Waals surface area (Å²) in [7, 11) is 0. The molecule has 0 aromatic carbocycles. The molecule has 0 aromatic rings. The smallest absolute Gasteiger partial charge is 0.326 e. The van der Waals surface area contributed by atoms with E-state index in [4.69, 9.17) is 9.47 Å². The Bertz CT molecular complexity index is 365. The summed E-state index contributed by atoms with van der Waals surface area (Å²) in [4.78, 5) is 24.8. The predicted molar refractivity (Wildman–Crippen MR) is 61.6 cm³/mol. The van der Waals surface area contributed by atoms with Gasteiger partial charge in [-0.05, 0) is 12.8 Å². The predicted octanol–water partition coefficient (Wildman–Crippen LogP) is 0.730. The molecule has 0 aliphatic carbocycles. The fraction of sp³-hybridized carbons (Fsp3) is 0.667. The average molecular weight is 255 g/mol. The largest absolute Gasteiger partial charge is 0.494 e. The molecule has 2 rings (SSSR count). The third kappa shape index (κ3) is 2.75. The Morgan fingerprint density at radius 3 is 2.78 bits per heavy atom. The first-order valence-corrected chi connectivity index (χ1v) is 6.18. The van der Waals surface area contributed by atoms with Crippen molar-refractivity contribution in [2.24, 2.45) is 0 Å². The number of carboxylic acid groups (broad SMARTS) is 1. The van der Waals surface area contributed by atoms with Gasteiger partial charge in [-0.3, -0.25) is 4.79 Å². The summed E-state index contributed by atoms with van der Waals surface area (Å²) in [6.45, 7) is 1.19. The lowest BCUT2D eigenvalue weighted by Gasteiger charge is -2.28. The second kappa shape index (κ2) is 5.75. The first kappa shape index (κ1) is 12.7. The van der Waals surface area contributed by atoms with E-state index in [0.717, 1.165) is 19.3 Å². The Balaban J connectivity index is 2.13. The van der Waals surface area contributed by atoms with Crippen molar-refractivity contribution in [3.63, 3.8) is 0 Å². The van der Waals surface area contributed by atoms with Crippen LogP contribution in [0.4, 0.5) is 0 Å². The van der Waals surface area contributed by atoms with Crippen LogP contribution >= 0.6 is 0 Å². The van der Waals surface area contributed by atoms with E-state index in [1.165, 1.54) is 11.2 Å². The van der Waals surface area contributed by atoms with Crippen LogP contribution in [0.25, 0.3) is 0 Å². The number of carbonyl (C=O) groups excluding carboxylic acids is 1. The van der Waals surface area contributed by atoms with Gasteiger partial charge in [0.05, 0.1) is 0 Å². The summed E-state index contributed by atoms with van der Waals surface area (Å²) in [6, 6.07) is -0.758. The first-order chi connectivity index (χ1) is 8.70. The number of hydrogen-bond donors (Lipinski definition) is 1. The molecule has 0 bridgehead atoms. The van der Waals surface area contributed by atoms with Crippen molar-refractivity contribution in [1.29, 1.82) is 0 Å². The number of amides is 1. The van der Waals surface area contributed by atoms with Crippen molar-refractivity contribution in [1.82, 2.24) is 4.90 Å². The van der Waals surface area contributed by atoms with Gasteiger partial charge in [0.1, 0.15) is 25.5 Å². The van der Waals surface area contributed by atoms with Gasteiger partial charge >= 0.3 is 5.97 Å². The van der Waals surface area contributed by atoms with E-state index < -0.39 is 12.0 Å². The van der Waals surface area contributed by atoms with E-state index >= 15 is 0 Å². The number of likely N-dealkylation sites (tertiary alicyclic amines) is 1. The summed E-state index contributed by atoms with van der Waals surface area (Å²) >= 11 is 0. The van der Waals surface area contributed by atoms with E-state index in [9.17, 15) is 14.7 Å². The molecule has 1 fully saturated rings. The van der Waals surface area contributed by atoms with Crippen LogP contribution in [0.1, 0.15) is 25.7 Å². The highest BCUT2D eigenvalue weighted by atomic mass is 16.6. The van der Waals surface area contributed by atoms with E-state index in [0.29, 0.717) is 26.2 Å². The van der Waals surface area contributed by atoms with Crippen molar-refractivity contribution in [3.8, 4) is 0 Å². The minimum absolute atomic E-state index is 0.106. The average Bonchev–Trinajstić information content (AvgIpc) is 2.64. The number of aliphatic carboxylic acids is 1. The van der Waals surface area contributed by atoms with Crippen molar-refractivity contribution >= 4 is 11.9 Å². The lowest BCUT2D eigenvalue weighted by atomic mass is 10.1.